The molecule has 2 heterocycles. The number of hydrogen-bond acceptors (Lipinski definition) is 7. The van der Waals surface area contributed by atoms with Crippen LogP contribution in [0.3, 0.4) is 0 Å². The van der Waals surface area contributed by atoms with Gasteiger partial charge in [-0.1, -0.05) is 18.5 Å². The van der Waals surface area contributed by atoms with Crippen LogP contribution in [0.4, 0.5) is 14.6 Å². The molecule has 3 rings (SSSR count). The number of halogens is 3. The summed E-state index contributed by atoms with van der Waals surface area (Å²) < 4.78 is 38.9. The van der Waals surface area contributed by atoms with Gasteiger partial charge in [0.2, 0.25) is 5.90 Å². The highest BCUT2D eigenvalue weighted by Crippen LogP contribution is 2.26. The Hall–Kier alpha value is -2.81. The largest absolute Gasteiger partial charge is 0.493 e. The van der Waals surface area contributed by atoms with Gasteiger partial charge in [0.05, 0.1) is 19.0 Å². The van der Waals surface area contributed by atoms with Gasteiger partial charge in [0.15, 0.2) is 5.90 Å². The molecule has 0 radical (unpaired) electrons. The smallest absolute Gasteiger partial charge is 0.226 e. The normalized spacial score (nSPS) is 14.3. The minimum Gasteiger partial charge on any atom is -0.493 e. The lowest BCUT2D eigenvalue weighted by atomic mass is 9.92. The molecule has 1 aliphatic rings. The summed E-state index contributed by atoms with van der Waals surface area (Å²) in [6, 6.07) is 2.08. The molecule has 0 aliphatic carbocycles. The van der Waals surface area contributed by atoms with Crippen molar-refractivity contribution in [3.8, 4) is 5.75 Å². The third-order valence-corrected chi connectivity index (χ3v) is 5.55. The molecule has 0 bridgehead atoms. The van der Waals surface area contributed by atoms with Crippen LogP contribution in [-0.2, 0) is 4.74 Å². The van der Waals surface area contributed by atoms with E-state index in [2.05, 4.69) is 14.9 Å². The van der Waals surface area contributed by atoms with Gasteiger partial charge in [-0.2, -0.15) is 0 Å². The lowest BCUT2D eigenvalue weighted by Crippen LogP contribution is -2.34. The van der Waals surface area contributed by atoms with Crippen molar-refractivity contribution < 1.29 is 18.3 Å². The molecule has 0 saturated carbocycles. The first-order chi connectivity index (χ1) is 15.4. The van der Waals surface area contributed by atoms with E-state index in [1.807, 2.05) is 0 Å². The van der Waals surface area contributed by atoms with Gasteiger partial charge in [-0.15, -0.1) is 0 Å². The van der Waals surface area contributed by atoms with E-state index in [4.69, 9.17) is 31.9 Å². The molecule has 0 unspecified atom stereocenters. The van der Waals surface area contributed by atoms with Crippen molar-refractivity contribution in [3.63, 3.8) is 0 Å². The summed E-state index contributed by atoms with van der Waals surface area (Å²) in [7, 11) is 0. The fraction of sp³-hybridized carbons (Fsp3) is 0.455. The summed E-state index contributed by atoms with van der Waals surface area (Å²) in [5, 5.41) is 15.5. The second-order valence-electron chi connectivity index (χ2n) is 7.59. The van der Waals surface area contributed by atoms with E-state index in [0.29, 0.717) is 17.7 Å². The minimum atomic E-state index is -0.952. The number of anilines is 1. The quantitative estimate of drug-likeness (QED) is 0.317. The maximum atomic E-state index is 14.3. The van der Waals surface area contributed by atoms with Gasteiger partial charge >= 0.3 is 0 Å². The topological polar surface area (TPSA) is 95.2 Å². The van der Waals surface area contributed by atoms with Crippen LogP contribution in [0.1, 0.15) is 44.6 Å². The monoisotopic (exact) mass is 465 g/mol. The summed E-state index contributed by atoms with van der Waals surface area (Å²) in [5.41, 5.74) is -0.604. The van der Waals surface area contributed by atoms with Gasteiger partial charge in [0.25, 0.3) is 0 Å². The SMILES string of the molecule is CCC(=N)OC(=N)c1c(F)cc(OCCCC2CCN(c3cnc(Cl)cn3)CC2)cc1F. The molecule has 7 nitrogen and oxygen atoms in total. The molecule has 0 spiro atoms. The summed E-state index contributed by atoms with van der Waals surface area (Å²) >= 11 is 5.78. The molecule has 1 aromatic carbocycles. The second kappa shape index (κ2) is 11.2. The van der Waals surface area contributed by atoms with Crippen LogP contribution in [-0.4, -0.2) is 41.5 Å². The Morgan fingerprint density at radius 3 is 2.44 bits per heavy atom. The molecule has 32 heavy (non-hydrogen) atoms. The zero-order valence-corrected chi connectivity index (χ0v) is 18.6. The van der Waals surface area contributed by atoms with Gasteiger partial charge in [-0.3, -0.25) is 10.8 Å². The first kappa shape index (κ1) is 23.8. The third kappa shape index (κ3) is 6.35. The molecule has 10 heteroatoms. The van der Waals surface area contributed by atoms with Crippen LogP contribution in [0, 0.1) is 28.4 Å². The van der Waals surface area contributed by atoms with E-state index >= 15 is 0 Å². The standard InChI is InChI=1S/C22H26ClF2N5O2/c1-2-19(26)32-22(27)21-16(24)10-15(11-17(21)25)31-9-3-4-14-5-7-30(8-6-14)20-13-28-18(23)12-29-20/h10-14,26-27H,2-9H2,1H3. The number of hydrogen-bond donors (Lipinski definition) is 2. The van der Waals surface area contributed by atoms with Crippen molar-refractivity contribution in [3.05, 3.63) is 46.9 Å². The summed E-state index contributed by atoms with van der Waals surface area (Å²) in [6.07, 6.45) is 7.23. The van der Waals surface area contributed by atoms with Crippen molar-refractivity contribution in [2.75, 3.05) is 24.6 Å². The van der Waals surface area contributed by atoms with Crippen LogP contribution < -0.4 is 9.64 Å². The lowest BCUT2D eigenvalue weighted by molar-refractivity contribution is 0.277. The van der Waals surface area contributed by atoms with E-state index in [1.54, 1.807) is 19.3 Å². The Bertz CT molecular complexity index is 927. The van der Waals surface area contributed by atoms with Crippen molar-refractivity contribution in [2.24, 2.45) is 5.92 Å². The molecule has 2 aromatic rings. The maximum Gasteiger partial charge on any atom is 0.226 e. The van der Waals surface area contributed by atoms with Crippen molar-refractivity contribution in [1.82, 2.24) is 9.97 Å². The summed E-state index contributed by atoms with van der Waals surface area (Å²) in [4.78, 5) is 10.6. The third-order valence-electron chi connectivity index (χ3n) is 5.36. The first-order valence-electron chi connectivity index (χ1n) is 10.6. The van der Waals surface area contributed by atoms with Crippen LogP contribution in [0.2, 0.25) is 5.15 Å². The van der Waals surface area contributed by atoms with Crippen molar-refractivity contribution in [2.45, 2.75) is 39.0 Å². The number of aromatic nitrogens is 2. The van der Waals surface area contributed by atoms with Gasteiger partial charge < -0.3 is 14.4 Å². The Morgan fingerprint density at radius 2 is 1.84 bits per heavy atom. The molecule has 0 atom stereocenters. The van der Waals surface area contributed by atoms with E-state index in [1.165, 1.54) is 0 Å². The summed E-state index contributed by atoms with van der Waals surface area (Å²) in [6.45, 7) is 3.78. The molecule has 2 N–H and O–H groups in total. The van der Waals surface area contributed by atoms with E-state index in [-0.39, 0.29) is 18.1 Å². The Balaban J connectivity index is 1.42. The van der Waals surface area contributed by atoms with Crippen LogP contribution >= 0.6 is 11.6 Å². The average Bonchev–Trinajstić information content (AvgIpc) is 2.77. The van der Waals surface area contributed by atoms with Crippen molar-refractivity contribution in [1.29, 1.82) is 10.8 Å². The second-order valence-corrected chi connectivity index (χ2v) is 7.98. The highest BCUT2D eigenvalue weighted by molar-refractivity contribution is 6.29. The van der Waals surface area contributed by atoms with Crippen LogP contribution in [0.25, 0.3) is 0 Å². The highest BCUT2D eigenvalue weighted by atomic mass is 35.5. The number of nitrogens with one attached hydrogen (secondary N) is 2. The number of rotatable bonds is 8. The predicted octanol–water partition coefficient (Wildman–Crippen LogP) is 5.21. The molecule has 1 saturated heterocycles. The fourth-order valence-corrected chi connectivity index (χ4v) is 3.68. The molecule has 0 amide bonds. The Labute approximate surface area is 190 Å². The Morgan fingerprint density at radius 1 is 1.16 bits per heavy atom. The minimum absolute atomic E-state index is 0.0678. The highest BCUT2D eigenvalue weighted by Gasteiger charge is 2.21. The zero-order valence-electron chi connectivity index (χ0n) is 17.8. The van der Waals surface area contributed by atoms with Gasteiger partial charge in [-0.25, -0.2) is 18.7 Å². The van der Waals surface area contributed by atoms with Gasteiger partial charge in [-0.05, 0) is 31.6 Å². The first-order valence-corrected chi connectivity index (χ1v) is 10.9. The van der Waals surface area contributed by atoms with Crippen LogP contribution in [0.15, 0.2) is 24.5 Å². The molecular weight excluding hydrogens is 440 g/mol. The number of benzene rings is 1. The molecule has 172 valence electrons. The molecule has 1 fully saturated rings. The fourth-order valence-electron chi connectivity index (χ4n) is 3.58. The lowest BCUT2D eigenvalue weighted by Gasteiger charge is -2.32. The maximum absolute atomic E-state index is 14.3. The number of nitrogens with zero attached hydrogens (tertiary/aromatic N) is 3. The Kier molecular flexibility index (Phi) is 8.33. The average molecular weight is 466 g/mol. The van der Waals surface area contributed by atoms with Gasteiger partial charge in [0, 0.05) is 31.6 Å². The van der Waals surface area contributed by atoms with Crippen LogP contribution in [0.5, 0.6) is 5.75 Å². The van der Waals surface area contributed by atoms with Gasteiger partial charge in [0.1, 0.15) is 33.9 Å². The molecule has 1 aromatic heterocycles. The van der Waals surface area contributed by atoms with E-state index < -0.39 is 23.1 Å². The van der Waals surface area contributed by atoms with E-state index in [9.17, 15) is 8.78 Å². The summed E-state index contributed by atoms with van der Waals surface area (Å²) in [5.74, 6) is -1.42. The number of ether oxygens (including phenoxy) is 2. The van der Waals surface area contributed by atoms with E-state index in [0.717, 1.165) is 56.7 Å². The molecule has 1 aliphatic heterocycles. The predicted molar refractivity (Wildman–Crippen MR) is 119 cm³/mol. The van der Waals surface area contributed by atoms with Crippen molar-refractivity contribution >= 4 is 29.2 Å². The zero-order chi connectivity index (χ0) is 23.1. The number of piperidine rings is 1. The molecular formula is C22H26ClF2N5O2.